The van der Waals surface area contributed by atoms with Gasteiger partial charge in [0.1, 0.15) is 0 Å². The topological polar surface area (TPSA) is 3.24 Å². The molecular weight excluding hydrogens is 879 g/mol. The Bertz CT molecular complexity index is 4210. The predicted octanol–water partition coefficient (Wildman–Crippen LogP) is 19.8. The molecular formula is C72H59N. The van der Waals surface area contributed by atoms with Gasteiger partial charge in [-0.1, -0.05) is 186 Å². The van der Waals surface area contributed by atoms with Crippen molar-refractivity contribution >= 4 is 49.4 Å². The van der Waals surface area contributed by atoms with E-state index in [0.717, 1.165) is 11.4 Å². The SMILES string of the molecule is Cc1cccc(-c2cc3c(c4ccccc24)-c2ccc(N(c4ccc5c(c4)C(C)(C)c4cc6ccccc6cc4-5)c4ccc5c(c4)C(C)(C)c4cc(-c6cc(C)ccc6C)c6ccccc6c4-5)cc2C3(C)C)c1. The van der Waals surface area contributed by atoms with Gasteiger partial charge in [0.05, 0.1) is 0 Å². The van der Waals surface area contributed by atoms with Gasteiger partial charge in [0.15, 0.2) is 0 Å². The van der Waals surface area contributed by atoms with Crippen LogP contribution >= 0.6 is 0 Å². The molecule has 0 atom stereocenters. The van der Waals surface area contributed by atoms with Crippen molar-refractivity contribution in [3.8, 4) is 55.6 Å². The van der Waals surface area contributed by atoms with E-state index in [4.69, 9.17) is 0 Å². The first-order valence-electron chi connectivity index (χ1n) is 26.2. The highest BCUT2D eigenvalue weighted by atomic mass is 15.1. The average molecular weight is 938 g/mol. The van der Waals surface area contributed by atoms with Gasteiger partial charge in [0, 0.05) is 33.3 Å². The van der Waals surface area contributed by atoms with Gasteiger partial charge in [-0.15, -0.1) is 0 Å². The lowest BCUT2D eigenvalue weighted by atomic mass is 9.80. The van der Waals surface area contributed by atoms with Crippen LogP contribution in [0.25, 0.3) is 88.0 Å². The highest BCUT2D eigenvalue weighted by Gasteiger charge is 2.41. The van der Waals surface area contributed by atoms with Crippen LogP contribution in [-0.2, 0) is 16.2 Å². The van der Waals surface area contributed by atoms with Crippen molar-refractivity contribution in [1.29, 1.82) is 0 Å². The summed E-state index contributed by atoms with van der Waals surface area (Å²) in [5, 5.41) is 7.81. The van der Waals surface area contributed by atoms with Crippen LogP contribution in [0.4, 0.5) is 17.1 Å². The van der Waals surface area contributed by atoms with E-state index in [1.807, 2.05) is 0 Å². The Morgan fingerprint density at radius 1 is 0.288 bits per heavy atom. The third-order valence-electron chi connectivity index (χ3n) is 17.6. The van der Waals surface area contributed by atoms with Gasteiger partial charge in [-0.05, 0) is 208 Å². The summed E-state index contributed by atoms with van der Waals surface area (Å²) in [7, 11) is 0. The van der Waals surface area contributed by atoms with Crippen LogP contribution in [0.2, 0.25) is 0 Å². The predicted molar refractivity (Wildman–Crippen MR) is 311 cm³/mol. The van der Waals surface area contributed by atoms with Gasteiger partial charge in [0.2, 0.25) is 0 Å². The molecule has 0 saturated heterocycles. The maximum absolute atomic E-state index is 2.56. The van der Waals surface area contributed by atoms with Gasteiger partial charge in [0.25, 0.3) is 0 Å². The summed E-state index contributed by atoms with van der Waals surface area (Å²) < 4.78 is 0. The van der Waals surface area contributed by atoms with E-state index in [1.54, 1.807) is 0 Å². The third kappa shape index (κ3) is 6.21. The van der Waals surface area contributed by atoms with E-state index in [0.29, 0.717) is 0 Å². The maximum Gasteiger partial charge on any atom is 0.0465 e. The van der Waals surface area contributed by atoms with Crippen LogP contribution in [0.15, 0.2) is 194 Å². The van der Waals surface area contributed by atoms with Crippen molar-refractivity contribution in [2.45, 2.75) is 78.6 Å². The van der Waals surface area contributed by atoms with Gasteiger partial charge in [-0.2, -0.15) is 0 Å². The summed E-state index contributed by atoms with van der Waals surface area (Å²) in [6.45, 7) is 21.2. The minimum absolute atomic E-state index is 0.190. The number of aryl methyl sites for hydroxylation is 3. The molecule has 0 N–H and O–H groups in total. The molecule has 0 radical (unpaired) electrons. The van der Waals surface area contributed by atoms with Gasteiger partial charge in [-0.3, -0.25) is 0 Å². The first-order valence-corrected chi connectivity index (χ1v) is 26.2. The van der Waals surface area contributed by atoms with Crippen LogP contribution in [0, 0.1) is 20.8 Å². The molecule has 0 aliphatic heterocycles. The second-order valence-electron chi connectivity index (χ2n) is 23.1. The smallest absolute Gasteiger partial charge is 0.0465 e. The fourth-order valence-corrected chi connectivity index (χ4v) is 13.7. The Morgan fingerprint density at radius 2 is 0.753 bits per heavy atom. The first-order chi connectivity index (χ1) is 35.2. The highest BCUT2D eigenvalue weighted by molar-refractivity contribution is 6.11. The summed E-state index contributed by atoms with van der Waals surface area (Å²) in [5.41, 5.74) is 28.1. The Hall–Kier alpha value is -8.00. The molecule has 3 aliphatic rings. The van der Waals surface area contributed by atoms with Crippen molar-refractivity contribution in [3.05, 3.63) is 244 Å². The van der Waals surface area contributed by atoms with Crippen molar-refractivity contribution in [2.24, 2.45) is 0 Å². The summed E-state index contributed by atoms with van der Waals surface area (Å²) >= 11 is 0. The van der Waals surface area contributed by atoms with E-state index in [2.05, 4.69) is 261 Å². The monoisotopic (exact) mass is 937 g/mol. The minimum atomic E-state index is -0.260. The fourth-order valence-electron chi connectivity index (χ4n) is 13.7. The molecule has 0 unspecified atom stereocenters. The number of hydrogen-bond acceptors (Lipinski definition) is 1. The van der Waals surface area contributed by atoms with Crippen LogP contribution in [0.5, 0.6) is 0 Å². The number of nitrogens with zero attached hydrogens (tertiary/aromatic N) is 1. The lowest BCUT2D eigenvalue weighted by Gasteiger charge is -2.31. The highest BCUT2D eigenvalue weighted by Crippen LogP contribution is 2.58. The Morgan fingerprint density at radius 3 is 1.34 bits per heavy atom. The number of fused-ring (bicyclic) bond motifs is 14. The van der Waals surface area contributed by atoms with E-state index in [9.17, 15) is 0 Å². The molecule has 0 saturated carbocycles. The number of anilines is 3. The molecule has 3 aliphatic carbocycles. The van der Waals surface area contributed by atoms with Crippen LogP contribution in [-0.4, -0.2) is 0 Å². The Labute approximate surface area is 430 Å². The molecule has 0 bridgehead atoms. The molecule has 0 fully saturated rings. The largest absolute Gasteiger partial charge is 0.310 e. The molecule has 11 aromatic rings. The van der Waals surface area contributed by atoms with Crippen molar-refractivity contribution < 1.29 is 0 Å². The van der Waals surface area contributed by atoms with Gasteiger partial charge >= 0.3 is 0 Å². The molecule has 0 amide bonds. The van der Waals surface area contributed by atoms with Gasteiger partial charge in [-0.25, -0.2) is 0 Å². The molecule has 73 heavy (non-hydrogen) atoms. The average Bonchev–Trinajstić information content (AvgIpc) is 3.87. The van der Waals surface area contributed by atoms with Crippen molar-refractivity contribution in [2.75, 3.05) is 4.90 Å². The van der Waals surface area contributed by atoms with Crippen molar-refractivity contribution in [1.82, 2.24) is 0 Å². The molecule has 1 heteroatoms. The fraction of sp³-hybridized carbons (Fsp3) is 0.167. The van der Waals surface area contributed by atoms with Gasteiger partial charge < -0.3 is 4.90 Å². The van der Waals surface area contributed by atoms with E-state index < -0.39 is 0 Å². The molecule has 352 valence electrons. The number of benzene rings is 11. The first kappa shape index (κ1) is 43.8. The molecule has 0 aromatic heterocycles. The maximum atomic E-state index is 2.56. The summed E-state index contributed by atoms with van der Waals surface area (Å²) in [5.74, 6) is 0. The standard InChI is InChI=1S/C72H59N/c1-42-17-16-20-47(33-42)59-40-66-68(54-23-14-12-21-51(54)59)56-31-28-49(38-64(56)71(66,6)7)73(48-27-30-53-61-35-45-18-10-11-19-46(45)36-62(61)70(4,5)63(53)37-48)50-29-32-57-65(39-50)72(8,9)67-41-60(58-34-43(2)25-26-44(58)3)52-22-13-15-24-55(52)69(57)67/h10-41H,1-9H3. The molecule has 1 nitrogen and oxygen atoms in total. The quantitative estimate of drug-likeness (QED) is 0.166. The third-order valence-corrected chi connectivity index (χ3v) is 17.6. The lowest BCUT2D eigenvalue weighted by molar-refractivity contribution is 0.660. The molecule has 0 heterocycles. The van der Waals surface area contributed by atoms with Crippen LogP contribution in [0.1, 0.15) is 91.6 Å². The normalized spacial score (nSPS) is 15.0. The minimum Gasteiger partial charge on any atom is -0.310 e. The summed E-state index contributed by atoms with van der Waals surface area (Å²) in [4.78, 5) is 2.56. The van der Waals surface area contributed by atoms with Crippen molar-refractivity contribution in [3.63, 3.8) is 0 Å². The Kier molecular flexibility index (Phi) is 9.15. The number of hydrogen-bond donors (Lipinski definition) is 0. The van der Waals surface area contributed by atoms with E-state index >= 15 is 0 Å². The molecule has 11 aromatic carbocycles. The number of rotatable bonds is 5. The molecule has 14 rings (SSSR count). The van der Waals surface area contributed by atoms with Crippen LogP contribution in [0.3, 0.4) is 0 Å². The van der Waals surface area contributed by atoms with E-state index in [1.165, 1.54) is 144 Å². The summed E-state index contributed by atoms with van der Waals surface area (Å²) in [6, 6.07) is 74.7. The second kappa shape index (κ2) is 15.3. The lowest BCUT2D eigenvalue weighted by Crippen LogP contribution is -2.19. The zero-order valence-electron chi connectivity index (χ0n) is 43.4. The van der Waals surface area contributed by atoms with E-state index in [-0.39, 0.29) is 16.2 Å². The zero-order valence-corrected chi connectivity index (χ0v) is 43.4. The second-order valence-corrected chi connectivity index (χ2v) is 23.1. The zero-order chi connectivity index (χ0) is 49.9. The van der Waals surface area contributed by atoms with Crippen LogP contribution < -0.4 is 4.90 Å². The summed E-state index contributed by atoms with van der Waals surface area (Å²) in [6.07, 6.45) is 0. The Balaban J connectivity index is 0.972. The molecule has 0 spiro atoms.